The smallest absolute Gasteiger partial charge is 0.0779 e. The topological polar surface area (TPSA) is 24.5 Å². The molecule has 116 valence electrons. The molecule has 2 unspecified atom stereocenters. The third-order valence-electron chi connectivity index (χ3n) is 4.59. The fourth-order valence-electron chi connectivity index (χ4n) is 3.50. The van der Waals surface area contributed by atoms with Crippen LogP contribution in [0.3, 0.4) is 0 Å². The Morgan fingerprint density at radius 1 is 1.38 bits per heavy atom. The van der Waals surface area contributed by atoms with E-state index in [4.69, 9.17) is 16.3 Å². The summed E-state index contributed by atoms with van der Waals surface area (Å²) in [6, 6.07) is 7.06. The standard InChI is InChI=1S/C17H25ClN2O/c1-2-8-19-12-13-6-7-14(11-15(13)18)20-9-10-21-17-5-3-4-16(17)20/h6-7,11,16-17,19H,2-5,8-10,12H2,1H3. The highest BCUT2D eigenvalue weighted by Crippen LogP contribution is 2.34. The Hall–Kier alpha value is -0.770. The molecule has 1 aliphatic carbocycles. The van der Waals surface area contributed by atoms with Gasteiger partial charge in [-0.2, -0.15) is 0 Å². The maximum atomic E-state index is 6.47. The van der Waals surface area contributed by atoms with Gasteiger partial charge < -0.3 is 15.0 Å². The van der Waals surface area contributed by atoms with Crippen molar-refractivity contribution in [3.05, 3.63) is 28.8 Å². The number of rotatable bonds is 5. The van der Waals surface area contributed by atoms with Crippen LogP contribution in [-0.4, -0.2) is 31.8 Å². The fourth-order valence-corrected chi connectivity index (χ4v) is 3.75. The highest BCUT2D eigenvalue weighted by atomic mass is 35.5. The molecule has 2 fully saturated rings. The summed E-state index contributed by atoms with van der Waals surface area (Å²) < 4.78 is 5.89. The minimum Gasteiger partial charge on any atom is -0.374 e. The second-order valence-electron chi connectivity index (χ2n) is 6.05. The van der Waals surface area contributed by atoms with Crippen molar-refractivity contribution in [2.75, 3.05) is 24.6 Å². The molecule has 0 amide bonds. The zero-order valence-corrected chi connectivity index (χ0v) is 13.5. The van der Waals surface area contributed by atoms with Crippen LogP contribution in [0.1, 0.15) is 38.2 Å². The Morgan fingerprint density at radius 2 is 2.29 bits per heavy atom. The molecule has 3 nitrogen and oxygen atoms in total. The van der Waals surface area contributed by atoms with E-state index in [2.05, 4.69) is 35.3 Å². The van der Waals surface area contributed by atoms with Crippen molar-refractivity contribution >= 4 is 17.3 Å². The minimum atomic E-state index is 0.420. The number of hydrogen-bond acceptors (Lipinski definition) is 3. The summed E-state index contributed by atoms with van der Waals surface area (Å²) >= 11 is 6.47. The highest BCUT2D eigenvalue weighted by molar-refractivity contribution is 6.31. The molecule has 3 rings (SSSR count). The lowest BCUT2D eigenvalue weighted by molar-refractivity contribution is 0.0256. The lowest BCUT2D eigenvalue weighted by atomic mass is 10.1. The zero-order valence-electron chi connectivity index (χ0n) is 12.8. The Kier molecular flexibility index (Phi) is 5.04. The van der Waals surface area contributed by atoms with E-state index in [0.29, 0.717) is 12.1 Å². The van der Waals surface area contributed by atoms with Gasteiger partial charge in [-0.15, -0.1) is 0 Å². The minimum absolute atomic E-state index is 0.420. The zero-order chi connectivity index (χ0) is 14.7. The largest absolute Gasteiger partial charge is 0.374 e. The van der Waals surface area contributed by atoms with E-state index in [1.165, 1.54) is 30.5 Å². The Morgan fingerprint density at radius 3 is 3.10 bits per heavy atom. The summed E-state index contributed by atoms with van der Waals surface area (Å²) in [6.07, 6.45) is 5.28. The van der Waals surface area contributed by atoms with Crippen molar-refractivity contribution in [2.24, 2.45) is 0 Å². The van der Waals surface area contributed by atoms with Gasteiger partial charge in [0, 0.05) is 23.8 Å². The third kappa shape index (κ3) is 3.36. The van der Waals surface area contributed by atoms with Crippen LogP contribution in [-0.2, 0) is 11.3 Å². The third-order valence-corrected chi connectivity index (χ3v) is 4.94. The van der Waals surface area contributed by atoms with Gasteiger partial charge in [0.15, 0.2) is 0 Å². The van der Waals surface area contributed by atoms with E-state index < -0.39 is 0 Å². The van der Waals surface area contributed by atoms with Crippen molar-refractivity contribution in [2.45, 2.75) is 51.3 Å². The molecule has 21 heavy (non-hydrogen) atoms. The average molecular weight is 309 g/mol. The first-order chi connectivity index (χ1) is 10.3. The monoisotopic (exact) mass is 308 g/mol. The van der Waals surface area contributed by atoms with Crippen LogP contribution in [0.25, 0.3) is 0 Å². The second kappa shape index (κ2) is 6.99. The first-order valence-corrected chi connectivity index (χ1v) is 8.54. The first kappa shape index (κ1) is 15.1. The molecule has 0 spiro atoms. The number of nitrogens with one attached hydrogen (secondary N) is 1. The molecule has 1 saturated carbocycles. The molecular weight excluding hydrogens is 284 g/mol. The van der Waals surface area contributed by atoms with Crippen molar-refractivity contribution < 1.29 is 4.74 Å². The summed E-state index contributed by atoms with van der Waals surface area (Å²) in [5.41, 5.74) is 2.43. The van der Waals surface area contributed by atoms with E-state index in [-0.39, 0.29) is 0 Å². The molecular formula is C17H25ClN2O. The molecule has 1 heterocycles. The maximum Gasteiger partial charge on any atom is 0.0779 e. The lowest BCUT2D eigenvalue weighted by Gasteiger charge is -2.39. The SMILES string of the molecule is CCCNCc1ccc(N2CCOC3CCCC32)cc1Cl. The van der Waals surface area contributed by atoms with Crippen LogP contribution in [0.2, 0.25) is 5.02 Å². The molecule has 1 aliphatic heterocycles. The summed E-state index contributed by atoms with van der Waals surface area (Å²) in [5, 5.41) is 4.28. The fraction of sp³-hybridized carbons (Fsp3) is 0.647. The molecule has 0 radical (unpaired) electrons. The molecule has 2 atom stereocenters. The number of anilines is 1. The summed E-state index contributed by atoms with van der Waals surface area (Å²) in [4.78, 5) is 2.50. The molecule has 1 N–H and O–H groups in total. The van der Waals surface area contributed by atoms with Gasteiger partial charge in [0.05, 0.1) is 18.8 Å². The number of fused-ring (bicyclic) bond motifs is 1. The van der Waals surface area contributed by atoms with Crippen molar-refractivity contribution in [1.82, 2.24) is 5.32 Å². The van der Waals surface area contributed by atoms with Gasteiger partial charge in [0.1, 0.15) is 0 Å². The van der Waals surface area contributed by atoms with Crippen LogP contribution in [0, 0.1) is 0 Å². The number of halogens is 1. The number of hydrogen-bond donors (Lipinski definition) is 1. The number of nitrogens with zero attached hydrogens (tertiary/aromatic N) is 1. The van der Waals surface area contributed by atoms with Gasteiger partial charge in [-0.1, -0.05) is 24.6 Å². The van der Waals surface area contributed by atoms with Crippen LogP contribution in [0.15, 0.2) is 18.2 Å². The van der Waals surface area contributed by atoms with Gasteiger partial charge in [0.2, 0.25) is 0 Å². The molecule has 2 aliphatic rings. The van der Waals surface area contributed by atoms with Gasteiger partial charge >= 0.3 is 0 Å². The quantitative estimate of drug-likeness (QED) is 0.841. The summed E-state index contributed by atoms with van der Waals surface area (Å²) in [5.74, 6) is 0. The lowest BCUT2D eigenvalue weighted by Crippen LogP contribution is -2.48. The molecule has 4 heteroatoms. The van der Waals surface area contributed by atoms with Crippen LogP contribution in [0.4, 0.5) is 5.69 Å². The van der Waals surface area contributed by atoms with E-state index >= 15 is 0 Å². The number of morpholine rings is 1. The van der Waals surface area contributed by atoms with Crippen molar-refractivity contribution in [3.63, 3.8) is 0 Å². The predicted molar refractivity (Wildman–Crippen MR) is 88.2 cm³/mol. The number of benzene rings is 1. The normalized spacial score (nSPS) is 25.1. The van der Waals surface area contributed by atoms with E-state index in [9.17, 15) is 0 Å². The van der Waals surface area contributed by atoms with Gasteiger partial charge in [-0.3, -0.25) is 0 Å². The highest BCUT2D eigenvalue weighted by Gasteiger charge is 2.36. The molecule has 0 aromatic heterocycles. The Bertz CT molecular complexity index is 480. The Balaban J connectivity index is 1.72. The van der Waals surface area contributed by atoms with Crippen molar-refractivity contribution in [1.29, 1.82) is 0 Å². The predicted octanol–water partition coefficient (Wildman–Crippen LogP) is 3.60. The van der Waals surface area contributed by atoms with E-state index in [1.54, 1.807) is 0 Å². The van der Waals surface area contributed by atoms with Gasteiger partial charge in [-0.05, 0) is 49.9 Å². The Labute approximate surface area is 132 Å². The van der Waals surface area contributed by atoms with Crippen LogP contribution >= 0.6 is 11.6 Å². The van der Waals surface area contributed by atoms with Gasteiger partial charge in [0.25, 0.3) is 0 Å². The first-order valence-electron chi connectivity index (χ1n) is 8.17. The average Bonchev–Trinajstić information content (AvgIpc) is 2.97. The molecule has 1 saturated heterocycles. The van der Waals surface area contributed by atoms with E-state index in [1.807, 2.05) is 0 Å². The molecule has 1 aromatic rings. The van der Waals surface area contributed by atoms with E-state index in [0.717, 1.165) is 37.7 Å². The number of ether oxygens (including phenoxy) is 1. The van der Waals surface area contributed by atoms with Crippen LogP contribution < -0.4 is 10.2 Å². The molecule has 0 bridgehead atoms. The molecule has 1 aromatic carbocycles. The summed E-state index contributed by atoms with van der Waals surface area (Å²) in [6.45, 7) is 5.87. The van der Waals surface area contributed by atoms with Gasteiger partial charge in [-0.25, -0.2) is 0 Å². The summed E-state index contributed by atoms with van der Waals surface area (Å²) in [7, 11) is 0. The van der Waals surface area contributed by atoms with Crippen molar-refractivity contribution in [3.8, 4) is 0 Å². The maximum absolute atomic E-state index is 6.47. The van der Waals surface area contributed by atoms with Crippen LogP contribution in [0.5, 0.6) is 0 Å². The second-order valence-corrected chi connectivity index (χ2v) is 6.46.